The summed E-state index contributed by atoms with van der Waals surface area (Å²) in [5, 5.41) is 13.2. The highest BCUT2D eigenvalue weighted by Crippen LogP contribution is 2.34. The van der Waals surface area contributed by atoms with Gasteiger partial charge in [-0.15, -0.1) is 10.2 Å². The highest BCUT2D eigenvalue weighted by molar-refractivity contribution is 8.00. The van der Waals surface area contributed by atoms with Crippen LogP contribution >= 0.6 is 11.8 Å². The third-order valence-electron chi connectivity index (χ3n) is 6.16. The minimum absolute atomic E-state index is 0.185. The molecule has 1 atom stereocenters. The zero-order chi connectivity index (χ0) is 25.5. The number of hydrogen-bond donors (Lipinski definition) is 4. The average molecular weight is 510 g/mol. The van der Waals surface area contributed by atoms with Crippen LogP contribution in [0.15, 0.2) is 82.9 Å². The van der Waals surface area contributed by atoms with Crippen molar-refractivity contribution in [1.29, 1.82) is 0 Å². The van der Waals surface area contributed by atoms with E-state index in [1.807, 2.05) is 67.1 Å². The Morgan fingerprint density at radius 1 is 0.973 bits per heavy atom. The first-order valence-electron chi connectivity index (χ1n) is 11.7. The summed E-state index contributed by atoms with van der Waals surface area (Å²) in [6.07, 6.45) is 1.94. The lowest BCUT2D eigenvalue weighted by Crippen LogP contribution is -2.22. The molecule has 0 spiro atoms. The number of aromatic nitrogens is 6. The van der Waals surface area contributed by atoms with Crippen LogP contribution in [0.4, 0.5) is 5.69 Å². The summed E-state index contributed by atoms with van der Waals surface area (Å²) in [5.41, 5.74) is 5.59. The van der Waals surface area contributed by atoms with Gasteiger partial charge in [-0.2, -0.15) is 0 Å². The molecule has 0 fully saturated rings. The highest BCUT2D eigenvalue weighted by atomic mass is 32.2. The van der Waals surface area contributed by atoms with Crippen LogP contribution in [0.3, 0.4) is 0 Å². The zero-order valence-corrected chi connectivity index (χ0v) is 20.9. The van der Waals surface area contributed by atoms with E-state index >= 15 is 0 Å². The average Bonchev–Trinajstić information content (AvgIpc) is 3.59. The van der Waals surface area contributed by atoms with E-state index in [1.54, 1.807) is 18.2 Å². The number of nitrogens with zero attached hydrogens (tertiary/aromatic N) is 3. The van der Waals surface area contributed by atoms with Crippen molar-refractivity contribution in [3.8, 4) is 17.1 Å². The van der Waals surface area contributed by atoms with Crippen molar-refractivity contribution in [2.45, 2.75) is 24.3 Å². The zero-order valence-electron chi connectivity index (χ0n) is 20.1. The predicted molar refractivity (Wildman–Crippen MR) is 146 cm³/mol. The largest absolute Gasteiger partial charge is 0.360 e. The Bertz CT molecular complexity index is 1830. The lowest BCUT2D eigenvalue weighted by Gasteiger charge is -2.14. The van der Waals surface area contributed by atoms with Crippen LogP contribution in [-0.4, -0.2) is 40.9 Å². The van der Waals surface area contributed by atoms with Gasteiger partial charge in [-0.3, -0.25) is 9.36 Å². The number of fused-ring (bicyclic) bond motifs is 2. The molecule has 6 rings (SSSR count). The first-order chi connectivity index (χ1) is 18.0. The normalized spacial score (nSPS) is 12.3. The van der Waals surface area contributed by atoms with Crippen LogP contribution in [0.5, 0.6) is 0 Å². The molecule has 1 amide bonds. The SMILES string of the molecule is Cc1cccc(-n2c(S[C@@H](C)C(=O)Nc3ccc4[nH]c(=O)[nH]c4c3)nnc2-c2c[nH]c3ccccc23)c1. The van der Waals surface area contributed by atoms with E-state index in [-0.39, 0.29) is 11.6 Å². The quantitative estimate of drug-likeness (QED) is 0.235. The van der Waals surface area contributed by atoms with Crippen LogP contribution in [0.2, 0.25) is 0 Å². The van der Waals surface area contributed by atoms with E-state index in [0.29, 0.717) is 27.7 Å². The van der Waals surface area contributed by atoms with Gasteiger partial charge in [0, 0.05) is 34.0 Å². The van der Waals surface area contributed by atoms with Gasteiger partial charge in [-0.1, -0.05) is 42.1 Å². The fourth-order valence-electron chi connectivity index (χ4n) is 4.34. The van der Waals surface area contributed by atoms with Crippen LogP contribution < -0.4 is 11.0 Å². The van der Waals surface area contributed by atoms with E-state index in [4.69, 9.17) is 0 Å². The number of para-hydroxylation sites is 1. The van der Waals surface area contributed by atoms with Gasteiger partial charge in [0.25, 0.3) is 0 Å². The number of amides is 1. The second kappa shape index (κ2) is 9.14. The Labute approximate surface area is 215 Å². The number of nitrogens with one attached hydrogen (secondary N) is 4. The number of anilines is 1. The summed E-state index contributed by atoms with van der Waals surface area (Å²) in [7, 11) is 0. The molecule has 0 radical (unpaired) electrons. The van der Waals surface area contributed by atoms with Gasteiger partial charge in [0.05, 0.1) is 16.3 Å². The smallest absolute Gasteiger partial charge is 0.323 e. The number of hydrogen-bond acceptors (Lipinski definition) is 5. The summed E-state index contributed by atoms with van der Waals surface area (Å²) < 4.78 is 1.99. The molecule has 184 valence electrons. The van der Waals surface area contributed by atoms with E-state index < -0.39 is 5.25 Å². The van der Waals surface area contributed by atoms with Crippen LogP contribution in [0, 0.1) is 6.92 Å². The van der Waals surface area contributed by atoms with Gasteiger partial charge in [0.15, 0.2) is 11.0 Å². The van der Waals surface area contributed by atoms with Crippen LogP contribution in [0.25, 0.3) is 39.0 Å². The van der Waals surface area contributed by atoms with Crippen LogP contribution in [0.1, 0.15) is 12.5 Å². The molecule has 3 heterocycles. The molecular formula is C27H23N7O2S. The fourth-order valence-corrected chi connectivity index (χ4v) is 5.21. The molecule has 0 unspecified atom stereocenters. The Morgan fingerprint density at radius 3 is 2.68 bits per heavy atom. The molecule has 0 aliphatic carbocycles. The molecule has 0 aliphatic rings. The first kappa shape index (κ1) is 22.9. The number of aryl methyl sites for hydroxylation is 1. The molecule has 0 aliphatic heterocycles. The second-order valence-corrected chi connectivity index (χ2v) is 10.1. The topological polar surface area (TPSA) is 124 Å². The van der Waals surface area contributed by atoms with Gasteiger partial charge in [0.1, 0.15) is 0 Å². The summed E-state index contributed by atoms with van der Waals surface area (Å²) in [6, 6.07) is 21.4. The summed E-state index contributed by atoms with van der Waals surface area (Å²) in [6.45, 7) is 3.87. The van der Waals surface area contributed by atoms with Crippen LogP contribution in [-0.2, 0) is 4.79 Å². The lowest BCUT2D eigenvalue weighted by molar-refractivity contribution is -0.115. The number of H-pyrrole nitrogens is 3. The molecular weight excluding hydrogens is 486 g/mol. The molecule has 9 nitrogen and oxygen atoms in total. The summed E-state index contributed by atoms with van der Waals surface area (Å²) in [4.78, 5) is 33.4. The van der Waals surface area contributed by atoms with Gasteiger partial charge in [-0.05, 0) is 55.8 Å². The molecule has 3 aromatic heterocycles. The molecule has 10 heteroatoms. The molecule has 4 N–H and O–H groups in total. The fraction of sp³-hybridized carbons (Fsp3) is 0.111. The number of carbonyl (C=O) groups excluding carboxylic acids is 1. The maximum atomic E-state index is 13.1. The van der Waals surface area contributed by atoms with Gasteiger partial charge < -0.3 is 20.3 Å². The van der Waals surface area contributed by atoms with Crippen molar-refractivity contribution in [3.05, 3.63) is 89.0 Å². The van der Waals surface area contributed by atoms with E-state index in [2.05, 4.69) is 36.5 Å². The Kier molecular flexibility index (Phi) is 5.65. The minimum Gasteiger partial charge on any atom is -0.360 e. The van der Waals surface area contributed by atoms with E-state index in [0.717, 1.165) is 27.7 Å². The first-order valence-corrected chi connectivity index (χ1v) is 12.6. The Morgan fingerprint density at radius 2 is 1.81 bits per heavy atom. The summed E-state index contributed by atoms with van der Waals surface area (Å²) in [5.74, 6) is 0.509. The molecule has 6 aromatic rings. The Balaban J connectivity index is 1.33. The van der Waals surface area contributed by atoms with Crippen molar-refractivity contribution < 1.29 is 4.79 Å². The standard InChI is InChI=1S/C27H23N7O2S/c1-15-6-5-7-18(12-15)34-24(20-14-28-21-9-4-3-8-19(20)21)32-33-27(34)37-16(2)25(35)29-17-10-11-22-23(13-17)31-26(36)30-22/h3-14,16,28H,1-2H3,(H,29,35)(H2,30,31,36)/t16-/m0/s1. The second-order valence-electron chi connectivity index (χ2n) is 8.82. The van der Waals surface area contributed by atoms with Gasteiger partial charge in [-0.25, -0.2) is 4.79 Å². The predicted octanol–water partition coefficient (Wildman–Crippen LogP) is 5.01. The molecule has 0 saturated carbocycles. The van der Waals surface area contributed by atoms with Crippen molar-refractivity contribution >= 4 is 45.3 Å². The minimum atomic E-state index is -0.468. The maximum Gasteiger partial charge on any atom is 0.323 e. The van der Waals surface area contributed by atoms with Crippen molar-refractivity contribution in [3.63, 3.8) is 0 Å². The number of benzene rings is 3. The van der Waals surface area contributed by atoms with Crippen molar-refractivity contribution in [2.75, 3.05) is 5.32 Å². The summed E-state index contributed by atoms with van der Waals surface area (Å²) >= 11 is 1.33. The van der Waals surface area contributed by atoms with Crippen molar-refractivity contribution in [1.82, 2.24) is 29.7 Å². The molecule has 37 heavy (non-hydrogen) atoms. The van der Waals surface area contributed by atoms with E-state index in [9.17, 15) is 9.59 Å². The van der Waals surface area contributed by atoms with Crippen molar-refractivity contribution in [2.24, 2.45) is 0 Å². The number of rotatable bonds is 6. The maximum absolute atomic E-state index is 13.1. The number of thioether (sulfide) groups is 1. The lowest BCUT2D eigenvalue weighted by atomic mass is 10.1. The third-order valence-corrected chi connectivity index (χ3v) is 7.20. The molecule has 0 bridgehead atoms. The molecule has 0 saturated heterocycles. The monoisotopic (exact) mass is 509 g/mol. The van der Waals surface area contributed by atoms with Gasteiger partial charge in [0.2, 0.25) is 5.91 Å². The highest BCUT2D eigenvalue weighted by Gasteiger charge is 2.23. The third kappa shape index (κ3) is 4.31. The molecule has 3 aromatic carbocycles. The van der Waals surface area contributed by atoms with Gasteiger partial charge >= 0.3 is 5.69 Å². The Hall–Kier alpha value is -4.57. The number of imidazole rings is 1. The number of aromatic amines is 3. The van der Waals surface area contributed by atoms with E-state index in [1.165, 1.54) is 11.8 Å². The number of carbonyl (C=O) groups is 1.